The van der Waals surface area contributed by atoms with Crippen molar-refractivity contribution in [2.24, 2.45) is 5.92 Å². The molecule has 5 heteroatoms. The minimum Gasteiger partial charge on any atom is -0.318 e. The molecule has 3 aliphatic rings. The highest BCUT2D eigenvalue weighted by Crippen LogP contribution is 2.49. The van der Waals surface area contributed by atoms with Crippen molar-refractivity contribution in [3.05, 3.63) is 65.7 Å². The Balaban J connectivity index is 1.40. The standard InChI is InChI=1S/C29H39N3OS/c1-30(2)29(25-12-5-4-6-13-25)17-15-28(16-18-29)22-31(20-24-11-8-14-26(19-24)34-3)27(33)32(28)21-23-9-7-10-23/h4-6,8,11-14,19,23H,7,9-10,15-18,20-22H2,1-3H3/t28-,29+. The molecule has 2 saturated carbocycles. The molecule has 1 aliphatic heterocycles. The van der Waals surface area contributed by atoms with Crippen LogP contribution in [0.4, 0.5) is 4.79 Å². The summed E-state index contributed by atoms with van der Waals surface area (Å²) in [6, 6.07) is 20.0. The van der Waals surface area contributed by atoms with Crippen LogP contribution in [0, 0.1) is 5.92 Å². The van der Waals surface area contributed by atoms with E-state index in [4.69, 9.17) is 0 Å². The van der Waals surface area contributed by atoms with E-state index in [1.807, 2.05) is 0 Å². The lowest BCUT2D eigenvalue weighted by atomic mass is 9.68. The number of benzene rings is 2. The van der Waals surface area contributed by atoms with Gasteiger partial charge in [-0.25, -0.2) is 4.79 Å². The number of amides is 2. The normalized spacial score (nSPS) is 27.6. The number of urea groups is 1. The maximum absolute atomic E-state index is 13.8. The second-order valence-electron chi connectivity index (χ2n) is 10.9. The van der Waals surface area contributed by atoms with Crippen LogP contribution in [-0.4, -0.2) is 59.7 Å². The number of hydrogen-bond donors (Lipinski definition) is 0. The van der Waals surface area contributed by atoms with Crippen LogP contribution in [0.15, 0.2) is 59.5 Å². The molecule has 0 atom stereocenters. The Morgan fingerprint density at radius 3 is 2.35 bits per heavy atom. The maximum atomic E-state index is 13.8. The zero-order valence-corrected chi connectivity index (χ0v) is 21.8. The van der Waals surface area contributed by atoms with Gasteiger partial charge in [-0.05, 0) is 88.1 Å². The fraction of sp³-hybridized carbons (Fsp3) is 0.552. The van der Waals surface area contributed by atoms with Crippen LogP contribution in [0.1, 0.15) is 56.1 Å². The second kappa shape index (κ2) is 9.58. The van der Waals surface area contributed by atoms with Crippen molar-refractivity contribution in [3.63, 3.8) is 0 Å². The van der Waals surface area contributed by atoms with E-state index in [2.05, 4.69) is 89.6 Å². The number of rotatable bonds is 7. The molecule has 1 spiro atoms. The zero-order chi connectivity index (χ0) is 23.8. The van der Waals surface area contributed by atoms with E-state index in [9.17, 15) is 4.79 Å². The fourth-order valence-electron chi connectivity index (χ4n) is 6.50. The first-order valence-corrected chi connectivity index (χ1v) is 14.1. The molecule has 34 heavy (non-hydrogen) atoms. The van der Waals surface area contributed by atoms with E-state index in [1.165, 1.54) is 35.3 Å². The Labute approximate surface area is 209 Å². The molecule has 182 valence electrons. The van der Waals surface area contributed by atoms with Crippen LogP contribution in [0.25, 0.3) is 0 Å². The van der Waals surface area contributed by atoms with Crippen molar-refractivity contribution in [2.75, 3.05) is 33.4 Å². The lowest BCUT2D eigenvalue weighted by Crippen LogP contribution is -2.56. The highest BCUT2D eigenvalue weighted by atomic mass is 32.2. The first kappa shape index (κ1) is 23.7. The molecule has 4 nitrogen and oxygen atoms in total. The smallest absolute Gasteiger partial charge is 0.318 e. The molecule has 0 aromatic heterocycles. The molecule has 0 N–H and O–H groups in total. The van der Waals surface area contributed by atoms with E-state index in [0.717, 1.165) is 38.8 Å². The summed E-state index contributed by atoms with van der Waals surface area (Å²) in [5.41, 5.74) is 2.68. The third kappa shape index (κ3) is 4.26. The third-order valence-corrected chi connectivity index (χ3v) is 9.63. The third-order valence-electron chi connectivity index (χ3n) is 8.91. The molecule has 0 unspecified atom stereocenters. The van der Waals surface area contributed by atoms with Gasteiger partial charge in [-0.3, -0.25) is 4.90 Å². The van der Waals surface area contributed by atoms with E-state index in [0.29, 0.717) is 12.5 Å². The van der Waals surface area contributed by atoms with E-state index >= 15 is 0 Å². The van der Waals surface area contributed by atoms with Crippen LogP contribution < -0.4 is 0 Å². The quantitative estimate of drug-likeness (QED) is 0.443. The number of nitrogens with zero attached hydrogens (tertiary/aromatic N) is 3. The minimum absolute atomic E-state index is 0.0297. The molecule has 2 aromatic carbocycles. The summed E-state index contributed by atoms with van der Waals surface area (Å²) in [5, 5.41) is 0. The van der Waals surface area contributed by atoms with Gasteiger partial charge < -0.3 is 9.80 Å². The van der Waals surface area contributed by atoms with Gasteiger partial charge in [-0.15, -0.1) is 11.8 Å². The zero-order valence-electron chi connectivity index (χ0n) is 21.0. The van der Waals surface area contributed by atoms with Crippen LogP contribution in [0.3, 0.4) is 0 Å². The first-order valence-electron chi connectivity index (χ1n) is 12.9. The van der Waals surface area contributed by atoms with Gasteiger partial charge in [0, 0.05) is 30.1 Å². The molecular formula is C29H39N3OS. The molecule has 3 fully saturated rings. The van der Waals surface area contributed by atoms with Gasteiger partial charge in [0.05, 0.1) is 5.54 Å². The summed E-state index contributed by atoms with van der Waals surface area (Å²) in [5.74, 6) is 0.690. The van der Waals surface area contributed by atoms with Gasteiger partial charge in [0.2, 0.25) is 0 Å². The molecule has 2 aromatic rings. The highest BCUT2D eigenvalue weighted by Gasteiger charge is 2.54. The second-order valence-corrected chi connectivity index (χ2v) is 11.8. The Hall–Kier alpha value is -1.98. The van der Waals surface area contributed by atoms with Crippen molar-refractivity contribution in [1.82, 2.24) is 14.7 Å². The van der Waals surface area contributed by atoms with Crippen LogP contribution in [0.5, 0.6) is 0 Å². The predicted molar refractivity (Wildman–Crippen MR) is 141 cm³/mol. The number of hydrogen-bond acceptors (Lipinski definition) is 3. The van der Waals surface area contributed by atoms with Gasteiger partial charge in [0.15, 0.2) is 0 Å². The van der Waals surface area contributed by atoms with Crippen LogP contribution in [0.2, 0.25) is 0 Å². The fourth-order valence-corrected chi connectivity index (χ4v) is 6.99. The van der Waals surface area contributed by atoms with Crippen molar-refractivity contribution in [2.45, 2.75) is 67.5 Å². The summed E-state index contributed by atoms with van der Waals surface area (Å²) in [6.45, 7) is 2.52. The van der Waals surface area contributed by atoms with Gasteiger partial charge in [0.1, 0.15) is 0 Å². The molecule has 2 aliphatic carbocycles. The summed E-state index contributed by atoms with van der Waals surface area (Å²) < 4.78 is 0. The van der Waals surface area contributed by atoms with Crippen LogP contribution >= 0.6 is 11.8 Å². The molecule has 1 saturated heterocycles. The molecule has 2 amide bonds. The number of carbonyl (C=O) groups excluding carboxylic acids is 1. The van der Waals surface area contributed by atoms with Crippen molar-refractivity contribution in [3.8, 4) is 0 Å². The molecule has 5 rings (SSSR count). The van der Waals surface area contributed by atoms with E-state index < -0.39 is 0 Å². The predicted octanol–water partition coefficient (Wildman–Crippen LogP) is 6.22. The van der Waals surface area contributed by atoms with E-state index in [1.54, 1.807) is 11.8 Å². The van der Waals surface area contributed by atoms with E-state index in [-0.39, 0.29) is 17.1 Å². The summed E-state index contributed by atoms with van der Waals surface area (Å²) in [7, 11) is 4.45. The monoisotopic (exact) mass is 477 g/mol. The van der Waals surface area contributed by atoms with Gasteiger partial charge in [0.25, 0.3) is 0 Å². The van der Waals surface area contributed by atoms with Crippen molar-refractivity contribution < 1.29 is 4.79 Å². The van der Waals surface area contributed by atoms with Crippen molar-refractivity contribution >= 4 is 17.8 Å². The van der Waals surface area contributed by atoms with Gasteiger partial charge >= 0.3 is 6.03 Å². The minimum atomic E-state index is -0.0297. The van der Waals surface area contributed by atoms with Crippen LogP contribution in [-0.2, 0) is 12.1 Å². The Morgan fingerprint density at radius 1 is 1.00 bits per heavy atom. The average Bonchev–Trinajstić information content (AvgIpc) is 3.07. The Morgan fingerprint density at radius 2 is 1.74 bits per heavy atom. The summed E-state index contributed by atoms with van der Waals surface area (Å²) in [4.78, 5) is 22.0. The largest absolute Gasteiger partial charge is 0.320 e. The molecule has 0 radical (unpaired) electrons. The Bertz CT molecular complexity index is 995. The maximum Gasteiger partial charge on any atom is 0.320 e. The average molecular weight is 478 g/mol. The topological polar surface area (TPSA) is 26.8 Å². The summed E-state index contributed by atoms with van der Waals surface area (Å²) in [6.07, 6.45) is 10.3. The Kier molecular flexibility index (Phi) is 6.69. The highest BCUT2D eigenvalue weighted by molar-refractivity contribution is 7.98. The number of thioether (sulfide) groups is 1. The molecule has 0 bridgehead atoms. The lowest BCUT2D eigenvalue weighted by Gasteiger charge is -2.51. The van der Waals surface area contributed by atoms with Crippen molar-refractivity contribution in [1.29, 1.82) is 0 Å². The molecule has 1 heterocycles. The summed E-state index contributed by atoms with van der Waals surface area (Å²) >= 11 is 1.76. The van der Waals surface area contributed by atoms with Gasteiger partial charge in [-0.2, -0.15) is 0 Å². The lowest BCUT2D eigenvalue weighted by molar-refractivity contribution is 0.0159. The number of carbonyl (C=O) groups is 1. The van der Waals surface area contributed by atoms with Gasteiger partial charge in [-0.1, -0.05) is 48.9 Å². The first-order chi connectivity index (χ1) is 16.5. The SMILES string of the molecule is CSc1cccc(CN2C[C@]3(CC[C@](c4ccccc4)(N(C)C)CC3)N(CC3CCC3)C2=O)c1. The molecular weight excluding hydrogens is 438 g/mol.